The molecule has 3 N–H and O–H groups in total. The smallest absolute Gasteiger partial charge is 0.240 e. The van der Waals surface area contributed by atoms with Gasteiger partial charge >= 0.3 is 0 Å². The Hall–Kier alpha value is -5.30. The molecule has 0 unspecified atom stereocenters. The second-order valence-corrected chi connectivity index (χ2v) is 11.3. The van der Waals surface area contributed by atoms with Crippen LogP contribution < -0.4 is 34.9 Å². The van der Waals surface area contributed by atoms with Gasteiger partial charge in [-0.05, 0) is 89.1 Å². The zero-order chi connectivity index (χ0) is 35.6. The van der Waals surface area contributed by atoms with E-state index in [1.165, 1.54) is 74.4 Å². The maximum Gasteiger partial charge on any atom is 0.240 e. The van der Waals surface area contributed by atoms with Gasteiger partial charge in [0.2, 0.25) is 11.8 Å². The molecule has 1 heterocycles. The average molecular weight is 679 g/mol. The monoisotopic (exact) mass is 678 g/mol. The van der Waals surface area contributed by atoms with Gasteiger partial charge in [-0.2, -0.15) is 0 Å². The van der Waals surface area contributed by atoms with E-state index in [1.807, 2.05) is 0 Å². The molecule has 1 saturated carbocycles. The minimum absolute atomic E-state index is 0.124. The second kappa shape index (κ2) is 16.7. The van der Waals surface area contributed by atoms with Crippen molar-refractivity contribution < 1.29 is 47.4 Å². The van der Waals surface area contributed by atoms with E-state index < -0.39 is 41.4 Å². The van der Waals surface area contributed by atoms with E-state index in [1.54, 1.807) is 17.9 Å². The molecule has 1 fully saturated rings. The lowest BCUT2D eigenvalue weighted by molar-refractivity contribution is -0.894. The maximum atomic E-state index is 15.1. The van der Waals surface area contributed by atoms with Gasteiger partial charge in [0.1, 0.15) is 23.6 Å². The van der Waals surface area contributed by atoms with Crippen molar-refractivity contribution in [3.63, 3.8) is 0 Å². The summed E-state index contributed by atoms with van der Waals surface area (Å²) in [7, 11) is 0. The predicted molar refractivity (Wildman–Crippen MR) is 178 cm³/mol. The number of nitrogens with one attached hydrogen (secondary N) is 3. The Bertz CT molecular complexity index is 1770. The van der Waals surface area contributed by atoms with Crippen LogP contribution in [-0.4, -0.2) is 55.6 Å². The van der Waals surface area contributed by atoms with Crippen molar-refractivity contribution >= 4 is 40.1 Å². The van der Waals surface area contributed by atoms with Crippen molar-refractivity contribution in [2.45, 2.75) is 40.5 Å². The van der Waals surface area contributed by atoms with Crippen LogP contribution in [0.4, 0.5) is 20.2 Å². The van der Waals surface area contributed by atoms with Crippen LogP contribution in [0.3, 0.4) is 0 Å². The zero-order valence-electron chi connectivity index (χ0n) is 27.9. The summed E-state index contributed by atoms with van der Waals surface area (Å²) >= 11 is 0. The minimum Gasteiger partial charge on any atom is -0.546 e. The van der Waals surface area contributed by atoms with Crippen molar-refractivity contribution in [1.29, 1.82) is 0 Å². The first-order valence-electron chi connectivity index (χ1n) is 16.1. The Morgan fingerprint density at radius 3 is 1.96 bits per heavy atom. The van der Waals surface area contributed by atoms with Crippen molar-refractivity contribution in [1.82, 2.24) is 4.98 Å². The summed E-state index contributed by atoms with van der Waals surface area (Å²) < 4.78 is 44.9. The first kappa shape index (κ1) is 36.5. The molecule has 2 amide bonds. The Morgan fingerprint density at radius 2 is 1.41 bits per heavy atom. The molecule has 0 spiro atoms. The highest BCUT2D eigenvalue weighted by Gasteiger charge is 2.56. The van der Waals surface area contributed by atoms with Crippen molar-refractivity contribution in [2.75, 3.05) is 43.5 Å². The number of aromatic nitrogens is 1. The van der Waals surface area contributed by atoms with Gasteiger partial charge in [-0.3, -0.25) is 14.6 Å². The molecule has 5 rings (SSSR count). The number of quaternary nitrogens is 1. The van der Waals surface area contributed by atoms with Crippen LogP contribution in [-0.2, 0) is 14.4 Å². The number of amides is 2. The highest BCUT2D eigenvalue weighted by Crippen LogP contribution is 2.47. The number of carboxylic acid groups (broad SMARTS) is 1. The van der Waals surface area contributed by atoms with E-state index in [0.29, 0.717) is 29.4 Å². The van der Waals surface area contributed by atoms with Gasteiger partial charge in [0.15, 0.2) is 23.1 Å². The number of pyridine rings is 1. The molecule has 0 radical (unpaired) electrons. The molecule has 0 saturated heterocycles. The Balaban J connectivity index is 0.000000698. The molecule has 3 aromatic carbocycles. The van der Waals surface area contributed by atoms with Gasteiger partial charge in [-0.1, -0.05) is 0 Å². The van der Waals surface area contributed by atoms with Gasteiger partial charge in [0.25, 0.3) is 0 Å². The van der Waals surface area contributed by atoms with E-state index in [0.717, 1.165) is 6.07 Å². The standard InChI is InChI=1S/C30H25F2N3O7.C6H15N/c1-2-40-25-14-20-22(15-26(25)41-16-27(36)37)33-12-9-23(20)42-24-8-7-19(13-21(24)32)35-29(39)30(10-11-30)28(38)34-18-5-3-17(31)4-6-18;1-4-7(5-2)6-3/h3-9,12-15H,2,10-11,16H2,1H3,(H,34,38)(H,35,39)(H,36,37);4-6H2,1-3H3. The maximum absolute atomic E-state index is 15.1. The number of fused-ring (bicyclic) bond motifs is 1. The fourth-order valence-electron chi connectivity index (χ4n) is 4.98. The van der Waals surface area contributed by atoms with E-state index in [-0.39, 0.29) is 35.3 Å². The molecule has 1 aliphatic carbocycles. The SMILES string of the molecule is CCOc1cc2c(Oc3ccc(NC(=O)C4(C(=O)Nc5ccc(F)cc5)CC4)cc3F)ccnc2cc1OCC(=O)[O-].CC[NH+](CC)CC. The van der Waals surface area contributed by atoms with Crippen LogP contribution >= 0.6 is 0 Å². The number of hydrogen-bond acceptors (Lipinski definition) is 8. The van der Waals surface area contributed by atoms with E-state index >= 15 is 4.39 Å². The van der Waals surface area contributed by atoms with E-state index in [4.69, 9.17) is 14.2 Å². The summed E-state index contributed by atoms with van der Waals surface area (Å²) in [5, 5.41) is 16.5. The number of nitrogens with zero attached hydrogens (tertiary/aromatic N) is 1. The molecule has 1 aromatic heterocycles. The molecule has 13 heteroatoms. The van der Waals surface area contributed by atoms with Crippen LogP contribution in [0.5, 0.6) is 23.0 Å². The van der Waals surface area contributed by atoms with Crippen LogP contribution in [0.1, 0.15) is 40.5 Å². The fourth-order valence-corrected chi connectivity index (χ4v) is 4.98. The van der Waals surface area contributed by atoms with Gasteiger partial charge in [-0.25, -0.2) is 8.78 Å². The molecule has 260 valence electrons. The lowest BCUT2D eigenvalue weighted by Gasteiger charge is -2.16. The third-order valence-corrected chi connectivity index (χ3v) is 8.04. The van der Waals surface area contributed by atoms with Gasteiger partial charge in [0.05, 0.1) is 37.7 Å². The van der Waals surface area contributed by atoms with Crippen molar-refractivity contribution in [2.24, 2.45) is 5.41 Å². The molecule has 0 bridgehead atoms. The van der Waals surface area contributed by atoms with Crippen molar-refractivity contribution in [3.8, 4) is 23.0 Å². The fraction of sp³-hybridized carbons (Fsp3) is 0.333. The average Bonchev–Trinajstić information content (AvgIpc) is 3.90. The number of carbonyl (C=O) groups excluding carboxylic acids is 3. The third kappa shape index (κ3) is 9.41. The molecular weight excluding hydrogens is 638 g/mol. The predicted octanol–water partition coefficient (Wildman–Crippen LogP) is 4.12. The number of halogens is 2. The molecule has 49 heavy (non-hydrogen) atoms. The summed E-state index contributed by atoms with van der Waals surface area (Å²) in [5.74, 6) is -3.29. The lowest BCUT2D eigenvalue weighted by atomic mass is 10.0. The number of hydrogen-bond donors (Lipinski definition) is 3. The minimum atomic E-state index is -1.40. The number of benzene rings is 3. The van der Waals surface area contributed by atoms with Gasteiger partial charge < -0.3 is 39.6 Å². The Labute approximate surface area is 283 Å². The molecule has 1 aliphatic rings. The van der Waals surface area contributed by atoms with Crippen LogP contribution in [0.2, 0.25) is 0 Å². The summed E-state index contributed by atoms with van der Waals surface area (Å²) in [4.78, 5) is 42.5. The first-order valence-corrected chi connectivity index (χ1v) is 16.1. The number of aliphatic carboxylic acids is 1. The topological polar surface area (TPSA) is 143 Å². The Kier molecular flexibility index (Phi) is 12.4. The van der Waals surface area contributed by atoms with E-state index in [2.05, 4.69) is 36.4 Å². The quantitative estimate of drug-likeness (QED) is 0.169. The van der Waals surface area contributed by atoms with Gasteiger partial charge in [0, 0.05) is 35.1 Å². The summed E-state index contributed by atoms with van der Waals surface area (Å²) in [5.41, 5.74) is -0.454. The largest absolute Gasteiger partial charge is 0.546 e. The summed E-state index contributed by atoms with van der Waals surface area (Å²) in [6.07, 6.45) is 2.06. The normalized spacial score (nSPS) is 12.8. The molecule has 4 aromatic rings. The lowest BCUT2D eigenvalue weighted by Crippen LogP contribution is -3.11. The highest BCUT2D eigenvalue weighted by molar-refractivity contribution is 6.16. The summed E-state index contributed by atoms with van der Waals surface area (Å²) in [6, 6.07) is 13.6. The van der Waals surface area contributed by atoms with E-state index in [9.17, 15) is 23.9 Å². The highest BCUT2D eigenvalue weighted by atomic mass is 19.1. The number of carboxylic acids is 1. The Morgan fingerprint density at radius 1 is 0.796 bits per heavy atom. The van der Waals surface area contributed by atoms with Crippen molar-refractivity contribution in [3.05, 3.63) is 78.5 Å². The second-order valence-electron chi connectivity index (χ2n) is 11.3. The number of carbonyl (C=O) groups is 3. The number of ether oxygens (including phenoxy) is 3. The number of anilines is 2. The number of rotatable bonds is 14. The van der Waals surface area contributed by atoms with Gasteiger partial charge in [-0.15, -0.1) is 0 Å². The molecule has 11 nitrogen and oxygen atoms in total. The third-order valence-electron chi connectivity index (χ3n) is 8.04. The van der Waals surface area contributed by atoms with Crippen LogP contribution in [0, 0.1) is 17.0 Å². The molecule has 0 aliphatic heterocycles. The molecular formula is C36H40F2N4O7. The first-order chi connectivity index (χ1) is 23.5. The summed E-state index contributed by atoms with van der Waals surface area (Å²) in [6.45, 7) is 11.8. The molecule has 0 atom stereocenters. The van der Waals surface area contributed by atoms with Crippen LogP contribution in [0.15, 0.2) is 66.9 Å². The van der Waals surface area contributed by atoms with Crippen LogP contribution in [0.25, 0.3) is 10.9 Å². The zero-order valence-corrected chi connectivity index (χ0v) is 27.9.